The Morgan fingerprint density at radius 3 is 2.60 bits per heavy atom. The maximum Gasteiger partial charge on any atom is 0.379 e. The van der Waals surface area contributed by atoms with E-state index in [1.807, 2.05) is 49.4 Å². The predicted octanol–water partition coefficient (Wildman–Crippen LogP) is 7.38. The number of unbranched alkanes of at least 4 members (excludes halogenated alkanes) is 1. The third-order valence-electron chi connectivity index (χ3n) is 6.28. The average Bonchev–Trinajstić information content (AvgIpc) is 3.33. The number of thioether (sulfide) groups is 1. The van der Waals surface area contributed by atoms with Crippen LogP contribution in [0.4, 0.5) is 0 Å². The first-order chi connectivity index (χ1) is 16.9. The van der Waals surface area contributed by atoms with E-state index in [0.717, 1.165) is 42.2 Å². The Labute approximate surface area is 215 Å². The number of rotatable bonds is 9. The smallest absolute Gasteiger partial charge is 0.379 e. The Bertz CT molecular complexity index is 1280. The lowest BCUT2D eigenvalue weighted by atomic mass is 9.99. The first-order valence-corrected chi connectivity index (χ1v) is 13.2. The third-order valence-corrected chi connectivity index (χ3v) is 7.65. The first-order valence-electron chi connectivity index (χ1n) is 12.0. The van der Waals surface area contributed by atoms with E-state index in [2.05, 4.69) is 13.8 Å². The number of aryl methyl sites for hydroxylation is 1. The van der Waals surface area contributed by atoms with Crippen molar-refractivity contribution in [1.82, 2.24) is 4.90 Å². The van der Waals surface area contributed by atoms with Gasteiger partial charge in [0, 0.05) is 17.5 Å². The Hall–Kier alpha value is -2.90. The minimum atomic E-state index is -0.541. The van der Waals surface area contributed by atoms with Gasteiger partial charge in [-0.25, -0.2) is 4.79 Å². The lowest BCUT2D eigenvalue weighted by molar-refractivity contribution is -0.122. The number of carbonyl (C=O) groups excluding carboxylic acids is 2. The van der Waals surface area contributed by atoms with Crippen LogP contribution in [0.5, 0.6) is 5.75 Å². The van der Waals surface area contributed by atoms with Crippen molar-refractivity contribution in [3.63, 3.8) is 0 Å². The highest BCUT2D eigenvalue weighted by Crippen LogP contribution is 2.34. The van der Waals surface area contributed by atoms with Crippen LogP contribution in [-0.2, 0) is 4.79 Å². The summed E-state index contributed by atoms with van der Waals surface area (Å²) in [6.45, 7) is 6.86. The fraction of sp³-hybridized carbons (Fsp3) is 0.321. The van der Waals surface area contributed by atoms with E-state index in [1.165, 1.54) is 11.8 Å². The largest absolute Gasteiger partial charge is 0.449 e. The van der Waals surface area contributed by atoms with Gasteiger partial charge in [0.25, 0.3) is 5.91 Å². The van der Waals surface area contributed by atoms with Crippen molar-refractivity contribution in [2.75, 3.05) is 6.54 Å². The second kappa shape index (κ2) is 11.2. The van der Waals surface area contributed by atoms with E-state index in [-0.39, 0.29) is 11.7 Å². The average molecular weight is 508 g/mol. The zero-order valence-electron chi connectivity index (χ0n) is 20.2. The summed E-state index contributed by atoms with van der Waals surface area (Å²) < 4.78 is 11.8. The molecule has 5 nitrogen and oxygen atoms in total. The van der Waals surface area contributed by atoms with Gasteiger partial charge in [-0.1, -0.05) is 87.4 Å². The van der Waals surface area contributed by atoms with E-state index in [0.29, 0.717) is 33.0 Å². The van der Waals surface area contributed by atoms with Crippen LogP contribution in [-0.4, -0.2) is 27.6 Å². The van der Waals surface area contributed by atoms with Crippen molar-refractivity contribution in [2.24, 2.45) is 5.92 Å². The van der Waals surface area contributed by atoms with Crippen LogP contribution in [0.1, 0.15) is 61.2 Å². The van der Waals surface area contributed by atoms with Gasteiger partial charge < -0.3 is 9.15 Å². The van der Waals surface area contributed by atoms with Crippen LogP contribution in [0.25, 0.3) is 17.0 Å². The Morgan fingerprint density at radius 2 is 1.91 bits per heavy atom. The van der Waals surface area contributed by atoms with Gasteiger partial charge in [0.1, 0.15) is 15.7 Å². The molecule has 1 atom stereocenters. The molecule has 182 valence electrons. The molecule has 1 aromatic heterocycles. The molecular weight excluding hydrogens is 478 g/mol. The lowest BCUT2D eigenvalue weighted by Crippen LogP contribution is -2.33. The highest BCUT2D eigenvalue weighted by molar-refractivity contribution is 8.26. The highest BCUT2D eigenvalue weighted by atomic mass is 32.2. The number of nitrogens with zero attached hydrogens (tertiary/aromatic N) is 1. The summed E-state index contributed by atoms with van der Waals surface area (Å²) in [6, 6.07) is 14.6. The number of ether oxygens (including phenoxy) is 1. The summed E-state index contributed by atoms with van der Waals surface area (Å²) in [4.78, 5) is 28.0. The molecule has 2 heterocycles. The number of para-hydroxylation sites is 1. The molecule has 35 heavy (non-hydrogen) atoms. The number of carbonyl (C=O) groups is 2. The van der Waals surface area contributed by atoms with Gasteiger partial charge in [0.05, 0.1) is 4.91 Å². The fourth-order valence-corrected chi connectivity index (χ4v) is 5.41. The second-order valence-corrected chi connectivity index (χ2v) is 10.4. The van der Waals surface area contributed by atoms with Crippen LogP contribution in [0.15, 0.2) is 57.9 Å². The van der Waals surface area contributed by atoms with Crippen molar-refractivity contribution in [1.29, 1.82) is 0 Å². The van der Waals surface area contributed by atoms with Crippen LogP contribution >= 0.6 is 24.0 Å². The Kier molecular flexibility index (Phi) is 8.08. The van der Waals surface area contributed by atoms with Crippen molar-refractivity contribution in [3.8, 4) is 5.75 Å². The van der Waals surface area contributed by atoms with E-state index < -0.39 is 5.97 Å². The Balaban J connectivity index is 1.42. The summed E-state index contributed by atoms with van der Waals surface area (Å²) >= 11 is 6.84. The molecule has 0 radical (unpaired) electrons. The number of benzene rings is 2. The standard InChI is InChI=1S/C28H29NO4S2/c1-4-6-9-19(5-2)17-29-26(30)24(35-28(29)34)16-20-12-14-21(15-13-20)32-27(31)25-18(3)22-10-7-8-11-23(22)33-25/h7-8,10-16,19H,4-6,9,17H2,1-3H3/b24-16-/t19-/m1/s1. The number of hydrogen-bond acceptors (Lipinski definition) is 6. The number of hydrogen-bond donors (Lipinski definition) is 0. The molecule has 1 aliphatic heterocycles. The second-order valence-electron chi connectivity index (χ2n) is 8.72. The molecule has 0 saturated carbocycles. The maximum atomic E-state index is 13.0. The van der Waals surface area contributed by atoms with Gasteiger partial charge in [-0.2, -0.15) is 0 Å². The predicted molar refractivity (Wildman–Crippen MR) is 146 cm³/mol. The van der Waals surface area contributed by atoms with Gasteiger partial charge >= 0.3 is 5.97 Å². The number of amides is 1. The summed E-state index contributed by atoms with van der Waals surface area (Å²) in [5.41, 5.74) is 2.24. The summed E-state index contributed by atoms with van der Waals surface area (Å²) in [5.74, 6) is 0.484. The quantitative estimate of drug-likeness (QED) is 0.130. The third kappa shape index (κ3) is 5.68. The molecule has 1 aliphatic rings. The summed E-state index contributed by atoms with van der Waals surface area (Å²) in [5, 5.41) is 0.891. The minimum Gasteiger partial charge on any atom is -0.449 e. The molecule has 0 unspecified atom stereocenters. The normalized spacial score (nSPS) is 15.9. The summed E-state index contributed by atoms with van der Waals surface area (Å²) in [7, 11) is 0. The zero-order valence-corrected chi connectivity index (χ0v) is 21.8. The monoisotopic (exact) mass is 507 g/mol. The van der Waals surface area contributed by atoms with Crippen molar-refractivity contribution in [3.05, 3.63) is 70.3 Å². The van der Waals surface area contributed by atoms with E-state index in [9.17, 15) is 9.59 Å². The molecule has 7 heteroatoms. The van der Waals surface area contributed by atoms with Gasteiger partial charge in [-0.15, -0.1) is 0 Å². The SMILES string of the molecule is CCCC[C@@H](CC)CN1C(=O)/C(=C/c2ccc(OC(=O)c3oc4ccccc4c3C)cc2)SC1=S. The van der Waals surface area contributed by atoms with Gasteiger partial charge in [-0.3, -0.25) is 9.69 Å². The topological polar surface area (TPSA) is 59.8 Å². The first kappa shape index (κ1) is 25.2. The number of fused-ring (bicyclic) bond motifs is 1. The molecule has 0 N–H and O–H groups in total. The minimum absolute atomic E-state index is 0.0363. The zero-order chi connectivity index (χ0) is 24.9. The van der Waals surface area contributed by atoms with E-state index in [1.54, 1.807) is 17.0 Å². The maximum absolute atomic E-state index is 13.0. The van der Waals surface area contributed by atoms with Crippen LogP contribution < -0.4 is 4.74 Å². The molecule has 0 spiro atoms. The fourth-order valence-electron chi connectivity index (χ4n) is 4.14. The lowest BCUT2D eigenvalue weighted by Gasteiger charge is -2.21. The molecule has 3 aromatic rings. The highest BCUT2D eigenvalue weighted by Gasteiger charge is 2.33. The van der Waals surface area contributed by atoms with Crippen LogP contribution in [0.3, 0.4) is 0 Å². The van der Waals surface area contributed by atoms with Crippen molar-refractivity contribution in [2.45, 2.75) is 46.5 Å². The molecular formula is C28H29NO4S2. The molecule has 2 aromatic carbocycles. The summed E-state index contributed by atoms with van der Waals surface area (Å²) in [6.07, 6.45) is 6.29. The van der Waals surface area contributed by atoms with Crippen LogP contribution in [0, 0.1) is 12.8 Å². The van der Waals surface area contributed by atoms with E-state index in [4.69, 9.17) is 21.4 Å². The Morgan fingerprint density at radius 1 is 1.17 bits per heavy atom. The van der Waals surface area contributed by atoms with Crippen LogP contribution in [0.2, 0.25) is 0 Å². The molecule has 1 fully saturated rings. The number of esters is 1. The number of thiocarbonyl (C=S) groups is 1. The molecule has 1 saturated heterocycles. The van der Waals surface area contributed by atoms with Gasteiger partial charge in [0.2, 0.25) is 5.76 Å². The van der Waals surface area contributed by atoms with Crippen molar-refractivity contribution < 1.29 is 18.7 Å². The van der Waals surface area contributed by atoms with E-state index >= 15 is 0 Å². The molecule has 0 bridgehead atoms. The molecule has 4 rings (SSSR count). The van der Waals surface area contributed by atoms with Crippen molar-refractivity contribution >= 4 is 57.2 Å². The molecule has 0 aliphatic carbocycles. The van der Waals surface area contributed by atoms with Gasteiger partial charge in [0.15, 0.2) is 0 Å². The number of furan rings is 1. The molecule has 1 amide bonds. The van der Waals surface area contributed by atoms with Gasteiger partial charge in [-0.05, 0) is 49.1 Å².